The number of hydrogen-bond acceptors (Lipinski definition) is 3. The highest BCUT2D eigenvalue weighted by Crippen LogP contribution is 2.34. The van der Waals surface area contributed by atoms with Gasteiger partial charge in [0.05, 0.1) is 0 Å². The first-order chi connectivity index (χ1) is 13.6. The van der Waals surface area contributed by atoms with E-state index in [1.54, 1.807) is 24.3 Å². The summed E-state index contributed by atoms with van der Waals surface area (Å²) < 4.78 is 5.93. The number of hydrogen-bond donors (Lipinski definition) is 1. The fourth-order valence-corrected chi connectivity index (χ4v) is 3.76. The Balaban J connectivity index is 1.69. The molecular weight excluding hydrogens is 395 g/mol. The number of amides is 1. The fourth-order valence-electron chi connectivity index (χ4n) is 3.51. The van der Waals surface area contributed by atoms with Crippen LogP contribution in [0.25, 0.3) is 22.6 Å². The average molecular weight is 415 g/mol. The van der Waals surface area contributed by atoms with Crippen LogP contribution in [0.3, 0.4) is 0 Å². The SMILES string of the molecule is O=C(NC1CCCCC1)c1nc(-c2ccc(Cl)cc2)c(-c2ccc(Cl)cc2)o1. The molecule has 1 aliphatic carbocycles. The van der Waals surface area contributed by atoms with Gasteiger partial charge in [0.15, 0.2) is 5.76 Å². The van der Waals surface area contributed by atoms with Crippen LogP contribution < -0.4 is 5.32 Å². The first kappa shape index (κ1) is 19.0. The molecule has 1 fully saturated rings. The highest BCUT2D eigenvalue weighted by molar-refractivity contribution is 6.31. The van der Waals surface area contributed by atoms with Crippen molar-refractivity contribution < 1.29 is 9.21 Å². The van der Waals surface area contributed by atoms with E-state index in [-0.39, 0.29) is 17.8 Å². The normalized spacial score (nSPS) is 14.8. The summed E-state index contributed by atoms with van der Waals surface area (Å²) in [5.41, 5.74) is 2.24. The number of halogens is 2. The van der Waals surface area contributed by atoms with E-state index in [1.807, 2.05) is 24.3 Å². The van der Waals surface area contributed by atoms with Gasteiger partial charge in [-0.2, -0.15) is 0 Å². The quantitative estimate of drug-likeness (QED) is 0.538. The number of carbonyl (C=O) groups excluding carboxylic acids is 1. The lowest BCUT2D eigenvalue weighted by Gasteiger charge is -2.21. The maximum Gasteiger partial charge on any atom is 0.307 e. The lowest BCUT2D eigenvalue weighted by Crippen LogP contribution is -2.36. The van der Waals surface area contributed by atoms with E-state index in [1.165, 1.54) is 6.42 Å². The van der Waals surface area contributed by atoms with Crippen molar-refractivity contribution in [3.05, 3.63) is 64.5 Å². The monoisotopic (exact) mass is 414 g/mol. The smallest absolute Gasteiger partial charge is 0.307 e. The van der Waals surface area contributed by atoms with Crippen LogP contribution in [0.5, 0.6) is 0 Å². The molecule has 3 aromatic rings. The Morgan fingerprint density at radius 3 is 2.07 bits per heavy atom. The van der Waals surface area contributed by atoms with Gasteiger partial charge in [-0.05, 0) is 49.2 Å². The summed E-state index contributed by atoms with van der Waals surface area (Å²) in [6.45, 7) is 0. The Bertz CT molecular complexity index is 896. The Labute approximate surface area is 173 Å². The Morgan fingerprint density at radius 1 is 0.893 bits per heavy atom. The molecule has 1 aromatic heterocycles. The van der Waals surface area contributed by atoms with Gasteiger partial charge < -0.3 is 9.73 Å². The third kappa shape index (κ3) is 4.23. The molecule has 0 spiro atoms. The first-order valence-corrected chi connectivity index (χ1v) is 10.2. The molecule has 1 N–H and O–H groups in total. The summed E-state index contributed by atoms with van der Waals surface area (Å²) >= 11 is 12.0. The van der Waals surface area contributed by atoms with Gasteiger partial charge in [0.1, 0.15) is 5.69 Å². The molecule has 0 atom stereocenters. The molecule has 4 rings (SSSR count). The standard InChI is InChI=1S/C22H20Cl2N2O2/c23-16-10-6-14(7-11-16)19-20(15-8-12-17(24)13-9-15)28-22(26-19)21(27)25-18-4-2-1-3-5-18/h6-13,18H,1-5H2,(H,25,27). The first-order valence-electron chi connectivity index (χ1n) is 9.44. The number of nitrogens with one attached hydrogen (secondary N) is 1. The minimum atomic E-state index is -0.276. The molecule has 6 heteroatoms. The molecule has 2 aromatic carbocycles. The number of rotatable bonds is 4. The van der Waals surface area contributed by atoms with Crippen molar-refractivity contribution >= 4 is 29.1 Å². The van der Waals surface area contributed by atoms with Crippen LogP contribution >= 0.6 is 23.2 Å². The molecule has 0 saturated heterocycles. The van der Waals surface area contributed by atoms with Crippen LogP contribution in [-0.2, 0) is 0 Å². The zero-order chi connectivity index (χ0) is 19.5. The molecule has 0 radical (unpaired) electrons. The van der Waals surface area contributed by atoms with E-state index in [2.05, 4.69) is 10.3 Å². The fraction of sp³-hybridized carbons (Fsp3) is 0.273. The van der Waals surface area contributed by atoms with Gasteiger partial charge in [0.25, 0.3) is 5.89 Å². The van der Waals surface area contributed by atoms with Gasteiger partial charge in [-0.1, -0.05) is 54.6 Å². The van der Waals surface area contributed by atoms with Gasteiger partial charge >= 0.3 is 5.91 Å². The van der Waals surface area contributed by atoms with E-state index >= 15 is 0 Å². The Hall–Kier alpha value is -2.30. The molecule has 1 saturated carbocycles. The third-order valence-electron chi connectivity index (χ3n) is 4.99. The molecule has 1 heterocycles. The lowest BCUT2D eigenvalue weighted by molar-refractivity contribution is 0.0893. The van der Waals surface area contributed by atoms with Gasteiger partial charge in [-0.3, -0.25) is 4.79 Å². The van der Waals surface area contributed by atoms with Crippen LogP contribution in [0.1, 0.15) is 42.8 Å². The summed E-state index contributed by atoms with van der Waals surface area (Å²) in [7, 11) is 0. The van der Waals surface area contributed by atoms with Crippen molar-refractivity contribution in [2.24, 2.45) is 0 Å². The molecule has 1 aliphatic rings. The second-order valence-corrected chi connectivity index (χ2v) is 7.89. The third-order valence-corrected chi connectivity index (χ3v) is 5.49. The zero-order valence-corrected chi connectivity index (χ0v) is 16.8. The van der Waals surface area contributed by atoms with E-state index < -0.39 is 0 Å². The van der Waals surface area contributed by atoms with Crippen LogP contribution in [-0.4, -0.2) is 16.9 Å². The average Bonchev–Trinajstić information content (AvgIpc) is 3.15. The van der Waals surface area contributed by atoms with E-state index in [9.17, 15) is 4.79 Å². The topological polar surface area (TPSA) is 55.1 Å². The summed E-state index contributed by atoms with van der Waals surface area (Å²) in [6, 6.07) is 14.8. The second kappa shape index (κ2) is 8.38. The summed E-state index contributed by atoms with van der Waals surface area (Å²) in [4.78, 5) is 17.3. The minimum Gasteiger partial charge on any atom is -0.432 e. The lowest BCUT2D eigenvalue weighted by atomic mass is 9.95. The largest absolute Gasteiger partial charge is 0.432 e. The number of aromatic nitrogens is 1. The second-order valence-electron chi connectivity index (χ2n) is 7.02. The Morgan fingerprint density at radius 2 is 1.46 bits per heavy atom. The molecular formula is C22H20Cl2N2O2. The van der Waals surface area contributed by atoms with Crippen molar-refractivity contribution in [3.8, 4) is 22.6 Å². The van der Waals surface area contributed by atoms with Gasteiger partial charge in [0.2, 0.25) is 0 Å². The molecule has 144 valence electrons. The maximum absolute atomic E-state index is 12.7. The van der Waals surface area contributed by atoms with Crippen molar-refractivity contribution in [1.82, 2.24) is 10.3 Å². The maximum atomic E-state index is 12.7. The highest BCUT2D eigenvalue weighted by Gasteiger charge is 2.24. The van der Waals surface area contributed by atoms with Crippen molar-refractivity contribution in [3.63, 3.8) is 0 Å². The molecule has 4 nitrogen and oxygen atoms in total. The van der Waals surface area contributed by atoms with Crippen molar-refractivity contribution in [1.29, 1.82) is 0 Å². The van der Waals surface area contributed by atoms with Crippen LogP contribution in [0.4, 0.5) is 0 Å². The van der Waals surface area contributed by atoms with Crippen molar-refractivity contribution in [2.75, 3.05) is 0 Å². The summed E-state index contributed by atoms with van der Waals surface area (Å²) in [5.74, 6) is 0.329. The van der Waals surface area contributed by atoms with Crippen LogP contribution in [0.15, 0.2) is 52.9 Å². The minimum absolute atomic E-state index is 0.0699. The van der Waals surface area contributed by atoms with Crippen molar-refractivity contribution in [2.45, 2.75) is 38.1 Å². The number of benzene rings is 2. The van der Waals surface area contributed by atoms with E-state index in [0.717, 1.165) is 36.8 Å². The predicted molar refractivity (Wildman–Crippen MR) is 112 cm³/mol. The van der Waals surface area contributed by atoms with Gasteiger partial charge in [0, 0.05) is 27.2 Å². The van der Waals surface area contributed by atoms with Gasteiger partial charge in [-0.25, -0.2) is 4.98 Å². The summed E-state index contributed by atoms with van der Waals surface area (Å²) in [5, 5.41) is 4.33. The number of nitrogens with zero attached hydrogens (tertiary/aromatic N) is 1. The molecule has 28 heavy (non-hydrogen) atoms. The van der Waals surface area contributed by atoms with Crippen LogP contribution in [0, 0.1) is 0 Å². The molecule has 1 amide bonds. The zero-order valence-electron chi connectivity index (χ0n) is 15.3. The predicted octanol–water partition coefficient (Wildman–Crippen LogP) is 6.38. The summed E-state index contributed by atoms with van der Waals surface area (Å²) in [6.07, 6.45) is 5.51. The number of carbonyl (C=O) groups is 1. The van der Waals surface area contributed by atoms with E-state index in [4.69, 9.17) is 27.6 Å². The molecule has 0 unspecified atom stereocenters. The van der Waals surface area contributed by atoms with Gasteiger partial charge in [-0.15, -0.1) is 0 Å². The molecule has 0 bridgehead atoms. The number of oxazole rings is 1. The highest BCUT2D eigenvalue weighted by atomic mass is 35.5. The molecule has 0 aliphatic heterocycles. The van der Waals surface area contributed by atoms with Crippen LogP contribution in [0.2, 0.25) is 10.0 Å². The Kier molecular flexibility index (Phi) is 5.69. The van der Waals surface area contributed by atoms with E-state index in [0.29, 0.717) is 21.5 Å².